The van der Waals surface area contributed by atoms with Crippen LogP contribution in [0.25, 0.3) is 0 Å². The number of hydrogen-bond donors (Lipinski definition) is 1. The topological polar surface area (TPSA) is 41.9 Å². The molecule has 0 radical (unpaired) electrons. The SMILES string of the molecule is C=CCOc1c(CN2[C@@H]3CC[C@H]2CC(O)(c2cccc(F)c2)C3)cccc1OC. The summed E-state index contributed by atoms with van der Waals surface area (Å²) in [4.78, 5) is 2.46. The maximum Gasteiger partial charge on any atom is 0.166 e. The Hall–Kier alpha value is -2.37. The lowest BCUT2D eigenvalue weighted by atomic mass is 9.80. The van der Waals surface area contributed by atoms with Crippen LogP contribution in [0.2, 0.25) is 0 Å². The molecule has 1 unspecified atom stereocenters. The first kappa shape index (κ1) is 19.9. The van der Waals surface area contributed by atoms with E-state index in [-0.39, 0.29) is 17.9 Å². The third kappa shape index (κ3) is 3.89. The predicted molar refractivity (Wildman–Crippen MR) is 111 cm³/mol. The molecule has 4 nitrogen and oxygen atoms in total. The average Bonchev–Trinajstić information content (AvgIpc) is 2.96. The fourth-order valence-electron chi connectivity index (χ4n) is 4.94. The Bertz CT molecular complexity index is 870. The molecule has 2 fully saturated rings. The zero-order valence-electron chi connectivity index (χ0n) is 16.8. The highest BCUT2D eigenvalue weighted by molar-refractivity contribution is 5.47. The second kappa shape index (κ2) is 8.17. The van der Waals surface area contributed by atoms with Crippen molar-refractivity contribution >= 4 is 0 Å². The van der Waals surface area contributed by atoms with Crippen LogP contribution in [0.1, 0.15) is 36.8 Å². The molecule has 2 bridgehead atoms. The van der Waals surface area contributed by atoms with E-state index in [1.807, 2.05) is 18.2 Å². The Morgan fingerprint density at radius 3 is 2.59 bits per heavy atom. The van der Waals surface area contributed by atoms with Crippen molar-refractivity contribution in [2.24, 2.45) is 0 Å². The van der Waals surface area contributed by atoms with Crippen LogP contribution in [0.3, 0.4) is 0 Å². The van der Waals surface area contributed by atoms with Gasteiger partial charge in [0.25, 0.3) is 0 Å². The van der Waals surface area contributed by atoms with Gasteiger partial charge in [0.15, 0.2) is 11.5 Å². The molecule has 3 atom stereocenters. The highest BCUT2D eigenvalue weighted by Crippen LogP contribution is 2.47. The zero-order valence-corrected chi connectivity index (χ0v) is 16.8. The van der Waals surface area contributed by atoms with Crippen LogP contribution in [0.4, 0.5) is 4.39 Å². The molecule has 4 rings (SSSR count). The summed E-state index contributed by atoms with van der Waals surface area (Å²) in [7, 11) is 1.64. The summed E-state index contributed by atoms with van der Waals surface area (Å²) in [5, 5.41) is 11.3. The number of aliphatic hydroxyl groups is 1. The minimum absolute atomic E-state index is 0.250. The van der Waals surface area contributed by atoms with Crippen molar-refractivity contribution < 1.29 is 19.0 Å². The van der Waals surface area contributed by atoms with E-state index in [4.69, 9.17) is 9.47 Å². The van der Waals surface area contributed by atoms with Gasteiger partial charge in [-0.05, 0) is 49.4 Å². The van der Waals surface area contributed by atoms with Crippen molar-refractivity contribution in [2.45, 2.75) is 49.9 Å². The maximum absolute atomic E-state index is 13.7. The van der Waals surface area contributed by atoms with Crippen molar-refractivity contribution in [1.82, 2.24) is 4.90 Å². The number of fused-ring (bicyclic) bond motifs is 2. The average molecular weight is 397 g/mol. The van der Waals surface area contributed by atoms with Gasteiger partial charge in [-0.2, -0.15) is 0 Å². The van der Waals surface area contributed by atoms with Gasteiger partial charge in [0.1, 0.15) is 12.4 Å². The Balaban J connectivity index is 1.56. The van der Waals surface area contributed by atoms with Gasteiger partial charge < -0.3 is 14.6 Å². The van der Waals surface area contributed by atoms with Crippen molar-refractivity contribution in [3.63, 3.8) is 0 Å². The minimum Gasteiger partial charge on any atom is -0.493 e. The standard InChI is InChI=1S/C24H28FNO3/c1-3-12-29-23-17(6-4-9-22(23)28-2)16-26-20-10-11-21(26)15-24(27,14-20)18-7-5-8-19(25)13-18/h3-9,13,20-21,27H,1,10-12,14-16H2,2H3/t20-,21+,24?. The molecule has 29 heavy (non-hydrogen) atoms. The van der Waals surface area contributed by atoms with Crippen molar-refractivity contribution in [3.8, 4) is 11.5 Å². The van der Waals surface area contributed by atoms with E-state index in [0.29, 0.717) is 30.8 Å². The summed E-state index contributed by atoms with van der Waals surface area (Å²) < 4.78 is 25.1. The molecular formula is C24H28FNO3. The lowest BCUT2D eigenvalue weighted by Crippen LogP contribution is -2.49. The van der Waals surface area contributed by atoms with Gasteiger partial charge >= 0.3 is 0 Å². The van der Waals surface area contributed by atoms with Crippen molar-refractivity contribution in [1.29, 1.82) is 0 Å². The highest BCUT2D eigenvalue weighted by Gasteiger charge is 2.48. The summed E-state index contributed by atoms with van der Waals surface area (Å²) in [6.45, 7) is 4.88. The Kier molecular flexibility index (Phi) is 5.61. The summed E-state index contributed by atoms with van der Waals surface area (Å²) in [6, 6.07) is 12.8. The Labute approximate surface area is 171 Å². The largest absolute Gasteiger partial charge is 0.493 e. The number of benzene rings is 2. The van der Waals surface area contributed by atoms with E-state index in [1.165, 1.54) is 12.1 Å². The molecule has 2 heterocycles. The highest BCUT2D eigenvalue weighted by atomic mass is 19.1. The van der Waals surface area contributed by atoms with Crippen LogP contribution in [0.5, 0.6) is 11.5 Å². The molecule has 154 valence electrons. The van der Waals surface area contributed by atoms with Crippen molar-refractivity contribution in [2.75, 3.05) is 13.7 Å². The second-order valence-electron chi connectivity index (χ2n) is 8.06. The first-order chi connectivity index (χ1) is 14.0. The second-order valence-corrected chi connectivity index (χ2v) is 8.06. The summed E-state index contributed by atoms with van der Waals surface area (Å²) in [5.74, 6) is 1.16. The Morgan fingerprint density at radius 2 is 1.93 bits per heavy atom. The van der Waals surface area contributed by atoms with Gasteiger partial charge in [-0.3, -0.25) is 4.90 Å². The van der Waals surface area contributed by atoms with E-state index < -0.39 is 5.60 Å². The van der Waals surface area contributed by atoms with E-state index in [0.717, 1.165) is 30.7 Å². The first-order valence-corrected chi connectivity index (χ1v) is 10.2. The minimum atomic E-state index is -0.971. The van der Waals surface area contributed by atoms with Crippen molar-refractivity contribution in [3.05, 3.63) is 72.1 Å². The fourth-order valence-corrected chi connectivity index (χ4v) is 4.94. The van der Waals surface area contributed by atoms with Gasteiger partial charge in [-0.1, -0.05) is 36.9 Å². The van der Waals surface area contributed by atoms with Crippen LogP contribution in [-0.4, -0.2) is 35.8 Å². The van der Waals surface area contributed by atoms with E-state index in [2.05, 4.69) is 17.5 Å². The third-order valence-corrected chi connectivity index (χ3v) is 6.26. The summed E-state index contributed by atoms with van der Waals surface area (Å²) in [5.41, 5.74) is 0.783. The van der Waals surface area contributed by atoms with Crippen LogP contribution in [-0.2, 0) is 12.1 Å². The number of methoxy groups -OCH3 is 1. The molecule has 1 N–H and O–H groups in total. The van der Waals surface area contributed by atoms with Crippen LogP contribution >= 0.6 is 0 Å². The first-order valence-electron chi connectivity index (χ1n) is 10.2. The third-order valence-electron chi connectivity index (χ3n) is 6.26. The number of halogens is 1. The van der Waals surface area contributed by atoms with Gasteiger partial charge in [0.2, 0.25) is 0 Å². The molecule has 5 heteroatoms. The number of rotatable bonds is 7. The number of ether oxygens (including phenoxy) is 2. The lowest BCUT2D eigenvalue weighted by molar-refractivity contribution is -0.0598. The van der Waals surface area contributed by atoms with E-state index in [1.54, 1.807) is 19.3 Å². The Morgan fingerprint density at radius 1 is 1.21 bits per heavy atom. The van der Waals surface area contributed by atoms with Gasteiger partial charge in [0, 0.05) is 24.2 Å². The molecule has 2 aliphatic heterocycles. The summed E-state index contributed by atoms with van der Waals surface area (Å²) in [6.07, 6.45) is 5.02. The quantitative estimate of drug-likeness (QED) is 0.703. The molecule has 0 spiro atoms. The monoisotopic (exact) mass is 397 g/mol. The lowest BCUT2D eigenvalue weighted by Gasteiger charge is -2.44. The molecule has 2 aromatic carbocycles. The molecule has 0 aliphatic carbocycles. The van der Waals surface area contributed by atoms with Crippen LogP contribution in [0.15, 0.2) is 55.1 Å². The number of piperidine rings is 1. The molecule has 0 aromatic heterocycles. The van der Waals surface area contributed by atoms with Gasteiger partial charge in [-0.15, -0.1) is 0 Å². The number of hydrogen-bond acceptors (Lipinski definition) is 4. The number of nitrogens with zero attached hydrogens (tertiary/aromatic N) is 1. The van der Waals surface area contributed by atoms with Gasteiger partial charge in [0.05, 0.1) is 12.7 Å². The fraction of sp³-hybridized carbons (Fsp3) is 0.417. The molecular weight excluding hydrogens is 369 g/mol. The van der Waals surface area contributed by atoms with E-state index in [9.17, 15) is 9.50 Å². The predicted octanol–water partition coefficient (Wildman–Crippen LogP) is 4.41. The molecule has 2 saturated heterocycles. The van der Waals surface area contributed by atoms with Crippen LogP contribution < -0.4 is 9.47 Å². The molecule has 2 aliphatic rings. The van der Waals surface area contributed by atoms with Crippen LogP contribution in [0, 0.1) is 5.82 Å². The molecule has 0 saturated carbocycles. The maximum atomic E-state index is 13.7. The normalized spacial score (nSPS) is 26.3. The molecule has 0 amide bonds. The molecule has 2 aromatic rings. The smallest absolute Gasteiger partial charge is 0.166 e. The summed E-state index contributed by atoms with van der Waals surface area (Å²) >= 11 is 0. The zero-order chi connectivity index (χ0) is 20.4. The van der Waals surface area contributed by atoms with Gasteiger partial charge in [-0.25, -0.2) is 4.39 Å². The van der Waals surface area contributed by atoms with E-state index >= 15 is 0 Å². The number of para-hydroxylation sites is 1.